The molecule has 1 rings (SSSR count). The van der Waals surface area contributed by atoms with Crippen LogP contribution in [0.25, 0.3) is 0 Å². The zero-order valence-electron chi connectivity index (χ0n) is 10.9. The van der Waals surface area contributed by atoms with Gasteiger partial charge in [-0.2, -0.15) is 0 Å². The minimum atomic E-state index is 0.0901. The van der Waals surface area contributed by atoms with Gasteiger partial charge in [0.1, 0.15) is 0 Å². The van der Waals surface area contributed by atoms with E-state index in [0.29, 0.717) is 6.04 Å². The molecule has 0 aliphatic heterocycles. The van der Waals surface area contributed by atoms with E-state index in [4.69, 9.17) is 0 Å². The molecule has 1 aromatic rings. The van der Waals surface area contributed by atoms with Crippen molar-refractivity contribution in [1.29, 1.82) is 0 Å². The molecule has 0 aromatic carbocycles. The summed E-state index contributed by atoms with van der Waals surface area (Å²) in [6.07, 6.45) is 0.873. The zero-order valence-corrected chi connectivity index (χ0v) is 13.3. The summed E-state index contributed by atoms with van der Waals surface area (Å²) in [5.41, 5.74) is 0.0901. The molecule has 1 unspecified atom stereocenters. The van der Waals surface area contributed by atoms with Crippen LogP contribution in [0.2, 0.25) is 0 Å². The number of hydrogen-bond acceptors (Lipinski definition) is 2. The molecule has 94 valence electrons. The number of nitrogens with one attached hydrogen (secondary N) is 1. The fourth-order valence-corrected chi connectivity index (χ4v) is 2.97. The van der Waals surface area contributed by atoms with Crippen molar-refractivity contribution in [2.24, 2.45) is 5.41 Å². The van der Waals surface area contributed by atoms with Crippen LogP contribution in [0.3, 0.4) is 0 Å². The van der Waals surface area contributed by atoms with Gasteiger partial charge in [0.25, 0.3) is 0 Å². The molecule has 17 heavy (non-hydrogen) atoms. The first-order chi connectivity index (χ1) is 7.92. The Kier molecular flexibility index (Phi) is 5.72. The van der Waals surface area contributed by atoms with Crippen molar-refractivity contribution in [3.05, 3.63) is 20.8 Å². The Balaban J connectivity index is 2.70. The quantitative estimate of drug-likeness (QED) is 0.801. The SMILES string of the molecule is CCNC(CC#CC(C)(C)C)c1cc(Br)cs1. The lowest BCUT2D eigenvalue weighted by Gasteiger charge is -2.13. The second kappa shape index (κ2) is 6.58. The monoisotopic (exact) mass is 313 g/mol. The molecule has 0 aliphatic rings. The Morgan fingerprint density at radius 3 is 2.65 bits per heavy atom. The van der Waals surface area contributed by atoms with Gasteiger partial charge in [0.15, 0.2) is 0 Å². The van der Waals surface area contributed by atoms with Gasteiger partial charge in [-0.1, -0.05) is 12.8 Å². The molecule has 1 N–H and O–H groups in total. The molecule has 1 heterocycles. The average Bonchev–Trinajstić information content (AvgIpc) is 2.62. The van der Waals surface area contributed by atoms with Crippen molar-refractivity contribution in [3.8, 4) is 11.8 Å². The third-order valence-electron chi connectivity index (χ3n) is 2.15. The van der Waals surface area contributed by atoms with Crippen LogP contribution in [-0.2, 0) is 0 Å². The molecule has 0 amide bonds. The Hall–Kier alpha value is -0.300. The molecular formula is C14H20BrNS. The fourth-order valence-electron chi connectivity index (χ4n) is 1.45. The topological polar surface area (TPSA) is 12.0 Å². The second-order valence-electron chi connectivity index (χ2n) is 5.03. The van der Waals surface area contributed by atoms with Crippen LogP contribution in [-0.4, -0.2) is 6.54 Å². The first-order valence-electron chi connectivity index (χ1n) is 5.89. The highest BCUT2D eigenvalue weighted by molar-refractivity contribution is 9.10. The van der Waals surface area contributed by atoms with E-state index in [1.54, 1.807) is 11.3 Å². The summed E-state index contributed by atoms with van der Waals surface area (Å²) in [6.45, 7) is 9.53. The van der Waals surface area contributed by atoms with Crippen LogP contribution in [0.5, 0.6) is 0 Å². The normalized spacial score (nSPS) is 13.0. The molecule has 0 spiro atoms. The van der Waals surface area contributed by atoms with Crippen molar-refractivity contribution < 1.29 is 0 Å². The lowest BCUT2D eigenvalue weighted by atomic mass is 9.97. The number of thiophene rings is 1. The number of halogens is 1. The molecule has 1 atom stereocenters. The maximum Gasteiger partial charge on any atom is 0.0525 e. The van der Waals surface area contributed by atoms with Crippen LogP contribution in [0.4, 0.5) is 0 Å². The van der Waals surface area contributed by atoms with Gasteiger partial charge in [0, 0.05) is 26.6 Å². The largest absolute Gasteiger partial charge is 0.309 e. The molecule has 0 radical (unpaired) electrons. The summed E-state index contributed by atoms with van der Waals surface area (Å²) >= 11 is 5.28. The highest BCUT2D eigenvalue weighted by Crippen LogP contribution is 2.27. The Bertz CT molecular complexity index is 406. The molecule has 0 saturated heterocycles. The third kappa shape index (κ3) is 5.72. The summed E-state index contributed by atoms with van der Waals surface area (Å²) in [5, 5.41) is 5.61. The lowest BCUT2D eigenvalue weighted by Crippen LogP contribution is -2.19. The molecular weight excluding hydrogens is 294 g/mol. The summed E-state index contributed by atoms with van der Waals surface area (Å²) in [6, 6.07) is 2.53. The van der Waals surface area contributed by atoms with Crippen LogP contribution in [0.15, 0.2) is 15.9 Å². The van der Waals surface area contributed by atoms with Crippen molar-refractivity contribution in [2.45, 2.75) is 40.2 Å². The molecule has 0 bridgehead atoms. The standard InChI is InChI=1S/C14H20BrNS/c1-5-16-12(7-6-8-14(2,3)4)13-9-11(15)10-17-13/h9-10,12,16H,5,7H2,1-4H3. The third-order valence-corrected chi connectivity index (χ3v) is 3.96. The molecule has 1 aromatic heterocycles. The van der Waals surface area contributed by atoms with Crippen molar-refractivity contribution in [1.82, 2.24) is 5.32 Å². The second-order valence-corrected chi connectivity index (χ2v) is 6.89. The maximum atomic E-state index is 3.50. The Labute approximate surface area is 117 Å². The minimum absolute atomic E-state index is 0.0901. The van der Waals surface area contributed by atoms with Crippen LogP contribution >= 0.6 is 27.3 Å². The summed E-state index contributed by atoms with van der Waals surface area (Å²) in [7, 11) is 0. The first-order valence-corrected chi connectivity index (χ1v) is 7.57. The van der Waals surface area contributed by atoms with Crippen LogP contribution < -0.4 is 5.32 Å². The highest BCUT2D eigenvalue weighted by Gasteiger charge is 2.11. The number of rotatable bonds is 4. The summed E-state index contributed by atoms with van der Waals surface area (Å²) in [4.78, 5) is 1.35. The van der Waals surface area contributed by atoms with Gasteiger partial charge in [-0.3, -0.25) is 0 Å². The molecule has 0 fully saturated rings. The van der Waals surface area contributed by atoms with Crippen molar-refractivity contribution >= 4 is 27.3 Å². The molecule has 0 saturated carbocycles. The van der Waals surface area contributed by atoms with Gasteiger partial charge in [-0.15, -0.1) is 17.3 Å². The zero-order chi connectivity index (χ0) is 12.9. The van der Waals surface area contributed by atoms with Gasteiger partial charge in [0.2, 0.25) is 0 Å². The smallest absolute Gasteiger partial charge is 0.0525 e. The fraction of sp³-hybridized carbons (Fsp3) is 0.571. The Morgan fingerprint density at radius 1 is 1.47 bits per heavy atom. The van der Waals surface area contributed by atoms with E-state index >= 15 is 0 Å². The predicted molar refractivity (Wildman–Crippen MR) is 80.3 cm³/mol. The van der Waals surface area contributed by atoms with Crippen LogP contribution in [0.1, 0.15) is 45.0 Å². The van der Waals surface area contributed by atoms with E-state index in [2.05, 4.69) is 72.2 Å². The van der Waals surface area contributed by atoms with E-state index in [1.807, 2.05) is 0 Å². The van der Waals surface area contributed by atoms with Crippen molar-refractivity contribution in [2.75, 3.05) is 6.54 Å². The Morgan fingerprint density at radius 2 is 2.18 bits per heavy atom. The van der Waals surface area contributed by atoms with Gasteiger partial charge in [0.05, 0.1) is 6.04 Å². The average molecular weight is 314 g/mol. The van der Waals surface area contributed by atoms with E-state index < -0.39 is 0 Å². The summed E-state index contributed by atoms with van der Waals surface area (Å²) < 4.78 is 1.16. The van der Waals surface area contributed by atoms with Gasteiger partial charge in [-0.25, -0.2) is 0 Å². The molecule has 0 aliphatic carbocycles. The first kappa shape index (κ1) is 14.8. The van der Waals surface area contributed by atoms with Gasteiger partial charge in [-0.05, 0) is 49.3 Å². The van der Waals surface area contributed by atoms with E-state index in [1.165, 1.54) is 4.88 Å². The molecule has 3 heteroatoms. The van der Waals surface area contributed by atoms with Gasteiger partial charge < -0.3 is 5.32 Å². The predicted octanol–water partition coefficient (Wildman–Crippen LogP) is 4.60. The minimum Gasteiger partial charge on any atom is -0.309 e. The van der Waals surface area contributed by atoms with E-state index in [9.17, 15) is 0 Å². The maximum absolute atomic E-state index is 3.50. The van der Waals surface area contributed by atoms with Crippen molar-refractivity contribution in [3.63, 3.8) is 0 Å². The number of hydrogen-bond donors (Lipinski definition) is 1. The lowest BCUT2D eigenvalue weighted by molar-refractivity contribution is 0.558. The van der Waals surface area contributed by atoms with E-state index in [0.717, 1.165) is 17.4 Å². The van der Waals surface area contributed by atoms with E-state index in [-0.39, 0.29) is 5.41 Å². The summed E-state index contributed by atoms with van der Waals surface area (Å²) in [5.74, 6) is 6.59. The van der Waals surface area contributed by atoms with Gasteiger partial charge >= 0.3 is 0 Å². The van der Waals surface area contributed by atoms with Crippen LogP contribution in [0, 0.1) is 17.3 Å². The highest BCUT2D eigenvalue weighted by atomic mass is 79.9. The molecule has 1 nitrogen and oxygen atoms in total.